The first-order chi connectivity index (χ1) is 8.20. The highest BCUT2D eigenvalue weighted by Crippen LogP contribution is 2.20. The molecule has 0 unspecified atom stereocenters. The molecule has 0 atom stereocenters. The van der Waals surface area contributed by atoms with Gasteiger partial charge in [0.15, 0.2) is 5.11 Å². The zero-order valence-corrected chi connectivity index (χ0v) is 10.2. The molecule has 0 radical (unpaired) electrons. The Labute approximate surface area is 105 Å². The Morgan fingerprint density at radius 3 is 2.71 bits per heavy atom. The lowest BCUT2D eigenvalue weighted by Crippen LogP contribution is -2.20. The third kappa shape index (κ3) is 2.59. The van der Waals surface area contributed by atoms with Gasteiger partial charge in [0, 0.05) is 5.69 Å². The minimum Gasteiger partial charge on any atom is -0.376 e. The van der Waals surface area contributed by atoms with E-state index in [0.717, 1.165) is 23.4 Å². The van der Waals surface area contributed by atoms with Gasteiger partial charge in [-0.15, -0.1) is 10.2 Å². The Balaban J connectivity index is 2.41. The van der Waals surface area contributed by atoms with E-state index in [1.807, 2.05) is 22.8 Å². The topological polar surface area (TPSA) is 68.8 Å². The number of anilines is 1. The summed E-state index contributed by atoms with van der Waals surface area (Å²) in [7, 11) is 0. The van der Waals surface area contributed by atoms with Crippen LogP contribution < -0.4 is 11.1 Å². The van der Waals surface area contributed by atoms with Gasteiger partial charge in [0.05, 0.1) is 5.69 Å². The van der Waals surface area contributed by atoms with E-state index in [-0.39, 0.29) is 5.11 Å². The lowest BCUT2D eigenvalue weighted by Gasteiger charge is -2.11. The molecular weight excluding hydrogens is 234 g/mol. The molecule has 0 amide bonds. The van der Waals surface area contributed by atoms with Crippen LogP contribution >= 0.6 is 12.2 Å². The van der Waals surface area contributed by atoms with E-state index >= 15 is 0 Å². The number of thiocarbonyl (C=S) groups is 1. The quantitative estimate of drug-likeness (QED) is 0.804. The van der Waals surface area contributed by atoms with E-state index in [2.05, 4.69) is 22.4 Å². The van der Waals surface area contributed by atoms with Crippen LogP contribution in [0.15, 0.2) is 30.9 Å². The monoisotopic (exact) mass is 247 g/mol. The second-order valence-electron chi connectivity index (χ2n) is 3.55. The second kappa shape index (κ2) is 4.92. The van der Waals surface area contributed by atoms with Crippen LogP contribution in [-0.4, -0.2) is 19.9 Å². The minimum absolute atomic E-state index is 0.264. The zero-order valence-electron chi connectivity index (χ0n) is 9.42. The molecule has 3 N–H and O–H groups in total. The molecule has 0 aliphatic rings. The number of nitrogens with two attached hydrogens (primary N) is 1. The molecule has 1 aromatic heterocycles. The van der Waals surface area contributed by atoms with Crippen molar-refractivity contribution in [1.29, 1.82) is 0 Å². The number of hydrogen-bond acceptors (Lipinski definition) is 3. The van der Waals surface area contributed by atoms with Gasteiger partial charge in [-0.25, -0.2) is 0 Å². The predicted octanol–water partition coefficient (Wildman–Crippen LogP) is 1.49. The van der Waals surface area contributed by atoms with E-state index in [1.165, 1.54) is 0 Å². The van der Waals surface area contributed by atoms with Crippen LogP contribution in [0.2, 0.25) is 0 Å². The smallest absolute Gasteiger partial charge is 0.168 e. The van der Waals surface area contributed by atoms with Crippen LogP contribution in [0.3, 0.4) is 0 Å². The first-order valence-corrected chi connectivity index (χ1v) is 5.66. The van der Waals surface area contributed by atoms with Crippen molar-refractivity contribution in [2.24, 2.45) is 5.73 Å². The van der Waals surface area contributed by atoms with Gasteiger partial charge < -0.3 is 11.1 Å². The van der Waals surface area contributed by atoms with E-state index in [9.17, 15) is 0 Å². The molecule has 1 aromatic carbocycles. The summed E-state index contributed by atoms with van der Waals surface area (Å²) >= 11 is 4.86. The summed E-state index contributed by atoms with van der Waals surface area (Å²) < 4.78 is 1.82. The second-order valence-corrected chi connectivity index (χ2v) is 3.99. The molecule has 0 bridgehead atoms. The number of aromatic nitrogens is 3. The first kappa shape index (κ1) is 11.5. The molecule has 1 heterocycles. The summed E-state index contributed by atoms with van der Waals surface area (Å²) in [5, 5.41) is 10.8. The number of rotatable bonds is 3. The molecule has 0 fully saturated rings. The van der Waals surface area contributed by atoms with E-state index < -0.39 is 0 Å². The fraction of sp³-hybridized carbons (Fsp3) is 0.182. The van der Waals surface area contributed by atoms with Gasteiger partial charge in [-0.3, -0.25) is 4.57 Å². The molecule has 5 nitrogen and oxygen atoms in total. The van der Waals surface area contributed by atoms with Crippen molar-refractivity contribution in [3.63, 3.8) is 0 Å². The zero-order chi connectivity index (χ0) is 12.3. The van der Waals surface area contributed by atoms with Crippen molar-refractivity contribution in [2.45, 2.75) is 13.3 Å². The number of aryl methyl sites for hydroxylation is 1. The van der Waals surface area contributed by atoms with Crippen molar-refractivity contribution < 1.29 is 0 Å². The molecular formula is C11H13N5S. The lowest BCUT2D eigenvalue weighted by atomic mass is 10.1. The molecule has 88 valence electrons. The number of nitrogens with zero attached hydrogens (tertiary/aromatic N) is 3. The maximum atomic E-state index is 5.51. The van der Waals surface area contributed by atoms with Crippen LogP contribution in [0, 0.1) is 0 Å². The summed E-state index contributed by atoms with van der Waals surface area (Å²) in [5.74, 6) is 0. The van der Waals surface area contributed by atoms with Gasteiger partial charge in [0.25, 0.3) is 0 Å². The standard InChI is InChI=1S/C11H13N5S/c1-2-8-3-4-9(16-6-13-14-7-16)5-10(8)15-11(12)17/h3-7H,2H2,1H3,(H3,12,15,17). The molecule has 2 aromatic rings. The number of hydrogen-bond donors (Lipinski definition) is 2. The lowest BCUT2D eigenvalue weighted by molar-refractivity contribution is 1.05. The fourth-order valence-corrected chi connectivity index (χ4v) is 1.73. The SMILES string of the molecule is CCc1ccc(-n2cnnc2)cc1NC(N)=S. The largest absolute Gasteiger partial charge is 0.376 e. The Bertz CT molecular complexity index is 521. The van der Waals surface area contributed by atoms with Crippen LogP contribution in [-0.2, 0) is 6.42 Å². The van der Waals surface area contributed by atoms with Gasteiger partial charge in [0.2, 0.25) is 0 Å². The van der Waals surface area contributed by atoms with Crippen molar-refractivity contribution in [1.82, 2.24) is 14.8 Å². The maximum absolute atomic E-state index is 5.51. The van der Waals surface area contributed by atoms with E-state index in [4.69, 9.17) is 18.0 Å². The van der Waals surface area contributed by atoms with Crippen molar-refractivity contribution in [2.75, 3.05) is 5.32 Å². The predicted molar refractivity (Wildman–Crippen MR) is 71.1 cm³/mol. The number of benzene rings is 1. The van der Waals surface area contributed by atoms with Crippen molar-refractivity contribution in [3.8, 4) is 5.69 Å². The Kier molecular flexibility index (Phi) is 3.34. The van der Waals surface area contributed by atoms with Gasteiger partial charge >= 0.3 is 0 Å². The van der Waals surface area contributed by atoms with Crippen molar-refractivity contribution >= 4 is 23.0 Å². The summed E-state index contributed by atoms with van der Waals surface area (Å²) in [6.07, 6.45) is 4.20. The van der Waals surface area contributed by atoms with Crippen LogP contribution in [0.5, 0.6) is 0 Å². The van der Waals surface area contributed by atoms with Crippen molar-refractivity contribution in [3.05, 3.63) is 36.4 Å². The Hall–Kier alpha value is -1.95. The van der Waals surface area contributed by atoms with Crippen LogP contribution in [0.25, 0.3) is 5.69 Å². The van der Waals surface area contributed by atoms with Gasteiger partial charge in [-0.1, -0.05) is 13.0 Å². The highest BCUT2D eigenvalue weighted by Gasteiger charge is 2.04. The molecule has 6 heteroatoms. The highest BCUT2D eigenvalue weighted by molar-refractivity contribution is 7.80. The van der Waals surface area contributed by atoms with Crippen LogP contribution in [0.1, 0.15) is 12.5 Å². The molecule has 0 spiro atoms. The normalized spacial score (nSPS) is 10.2. The van der Waals surface area contributed by atoms with Gasteiger partial charge in [-0.05, 0) is 36.3 Å². The Morgan fingerprint density at radius 2 is 2.12 bits per heavy atom. The molecule has 0 saturated carbocycles. The first-order valence-electron chi connectivity index (χ1n) is 5.25. The number of nitrogens with one attached hydrogen (secondary N) is 1. The highest BCUT2D eigenvalue weighted by atomic mass is 32.1. The molecule has 0 aliphatic carbocycles. The van der Waals surface area contributed by atoms with Gasteiger partial charge in [-0.2, -0.15) is 0 Å². The molecule has 2 rings (SSSR count). The average Bonchev–Trinajstić information content (AvgIpc) is 2.81. The minimum atomic E-state index is 0.264. The fourth-order valence-electron chi connectivity index (χ4n) is 1.62. The van der Waals surface area contributed by atoms with E-state index in [1.54, 1.807) is 12.7 Å². The summed E-state index contributed by atoms with van der Waals surface area (Å²) in [6.45, 7) is 2.08. The van der Waals surface area contributed by atoms with Gasteiger partial charge in [0.1, 0.15) is 12.7 Å². The average molecular weight is 247 g/mol. The van der Waals surface area contributed by atoms with Crippen LogP contribution in [0.4, 0.5) is 5.69 Å². The summed E-state index contributed by atoms with van der Waals surface area (Å²) in [4.78, 5) is 0. The molecule has 0 saturated heterocycles. The summed E-state index contributed by atoms with van der Waals surface area (Å²) in [5.41, 5.74) is 8.55. The van der Waals surface area contributed by atoms with E-state index in [0.29, 0.717) is 0 Å². The molecule has 0 aliphatic heterocycles. The Morgan fingerprint density at radius 1 is 1.41 bits per heavy atom. The molecule has 17 heavy (non-hydrogen) atoms. The third-order valence-corrected chi connectivity index (χ3v) is 2.55. The summed E-state index contributed by atoms with van der Waals surface area (Å²) in [6, 6.07) is 6.02. The third-order valence-electron chi connectivity index (χ3n) is 2.45. The maximum Gasteiger partial charge on any atom is 0.168 e.